The molecule has 2 N–H and O–H groups in total. The first-order chi connectivity index (χ1) is 9.20. The summed E-state index contributed by atoms with van der Waals surface area (Å²) in [4.78, 5) is 15.4. The Balaban J connectivity index is 1.90. The number of nitrogens with zero attached hydrogens (tertiary/aromatic N) is 4. The zero-order valence-electron chi connectivity index (χ0n) is 10.7. The maximum absolute atomic E-state index is 10.9. The molecule has 1 saturated heterocycles. The molecule has 1 aliphatic heterocycles. The lowest BCUT2D eigenvalue weighted by molar-refractivity contribution is 0.0994. The highest BCUT2D eigenvalue weighted by Crippen LogP contribution is 2.12. The summed E-state index contributed by atoms with van der Waals surface area (Å²) in [5.41, 5.74) is 5.32. The van der Waals surface area contributed by atoms with Crippen molar-refractivity contribution < 1.29 is 4.79 Å². The van der Waals surface area contributed by atoms with E-state index in [-0.39, 0.29) is 5.69 Å². The first-order valence-electron chi connectivity index (χ1n) is 6.25. The van der Waals surface area contributed by atoms with Gasteiger partial charge in [0.1, 0.15) is 0 Å². The number of anilines is 1. The molecule has 1 aliphatic rings. The van der Waals surface area contributed by atoms with E-state index in [1.54, 1.807) is 12.1 Å². The van der Waals surface area contributed by atoms with E-state index >= 15 is 0 Å². The van der Waals surface area contributed by atoms with Crippen LogP contribution in [0.15, 0.2) is 12.1 Å². The molecule has 0 saturated carbocycles. The molecule has 6 heteroatoms. The number of amides is 1. The standard InChI is InChI=1S/C13H17N5O/c1-2-3-6-17-7-9-18(10-8-17)12-5-4-11(13(14)19)15-16-12/h1,4-5H,3,6-10H2,(H2,14,19). The zero-order chi connectivity index (χ0) is 13.7. The molecule has 1 fully saturated rings. The smallest absolute Gasteiger partial charge is 0.269 e. The Bertz CT molecular complexity index is 471. The molecule has 1 aromatic rings. The quantitative estimate of drug-likeness (QED) is 0.753. The van der Waals surface area contributed by atoms with Crippen LogP contribution in [0.5, 0.6) is 0 Å². The maximum Gasteiger partial charge on any atom is 0.269 e. The maximum atomic E-state index is 10.9. The van der Waals surface area contributed by atoms with Gasteiger partial charge in [0.25, 0.3) is 5.91 Å². The molecule has 0 radical (unpaired) electrons. The SMILES string of the molecule is C#CCCN1CCN(c2ccc(C(N)=O)nn2)CC1. The summed E-state index contributed by atoms with van der Waals surface area (Å²) in [6.45, 7) is 4.63. The van der Waals surface area contributed by atoms with Crippen molar-refractivity contribution in [2.75, 3.05) is 37.6 Å². The van der Waals surface area contributed by atoms with E-state index in [2.05, 4.69) is 25.9 Å². The van der Waals surface area contributed by atoms with Gasteiger partial charge in [0.05, 0.1) is 0 Å². The number of terminal acetylenes is 1. The lowest BCUT2D eigenvalue weighted by atomic mass is 10.3. The zero-order valence-corrected chi connectivity index (χ0v) is 10.7. The van der Waals surface area contributed by atoms with E-state index in [0.717, 1.165) is 45.0 Å². The van der Waals surface area contributed by atoms with E-state index in [1.165, 1.54) is 0 Å². The van der Waals surface area contributed by atoms with Gasteiger partial charge in [-0.25, -0.2) is 0 Å². The molecule has 1 aromatic heterocycles. The summed E-state index contributed by atoms with van der Waals surface area (Å²) in [5.74, 6) is 2.88. The van der Waals surface area contributed by atoms with E-state index < -0.39 is 5.91 Å². The molecule has 0 aromatic carbocycles. The Morgan fingerprint density at radius 1 is 1.32 bits per heavy atom. The number of carbonyl (C=O) groups excluding carboxylic acids is 1. The minimum atomic E-state index is -0.557. The summed E-state index contributed by atoms with van der Waals surface area (Å²) in [7, 11) is 0. The van der Waals surface area contributed by atoms with Gasteiger partial charge in [-0.15, -0.1) is 22.5 Å². The van der Waals surface area contributed by atoms with Crippen molar-refractivity contribution in [2.24, 2.45) is 5.73 Å². The van der Waals surface area contributed by atoms with E-state index in [0.29, 0.717) is 0 Å². The van der Waals surface area contributed by atoms with E-state index in [4.69, 9.17) is 12.2 Å². The highest BCUT2D eigenvalue weighted by molar-refractivity contribution is 5.90. The van der Waals surface area contributed by atoms with Crippen molar-refractivity contribution >= 4 is 11.7 Å². The van der Waals surface area contributed by atoms with Crippen LogP contribution in [0.3, 0.4) is 0 Å². The number of carbonyl (C=O) groups is 1. The summed E-state index contributed by atoms with van der Waals surface area (Å²) in [5, 5.41) is 7.85. The van der Waals surface area contributed by atoms with Crippen LogP contribution in [0.2, 0.25) is 0 Å². The molecule has 0 spiro atoms. The molecular formula is C13H17N5O. The van der Waals surface area contributed by atoms with Crippen molar-refractivity contribution in [1.82, 2.24) is 15.1 Å². The van der Waals surface area contributed by atoms with Gasteiger partial charge in [-0.2, -0.15) is 0 Å². The van der Waals surface area contributed by atoms with Crippen LogP contribution in [0.25, 0.3) is 0 Å². The summed E-state index contributed by atoms with van der Waals surface area (Å²) < 4.78 is 0. The fourth-order valence-corrected chi connectivity index (χ4v) is 2.05. The number of hydrogen-bond acceptors (Lipinski definition) is 5. The lowest BCUT2D eigenvalue weighted by Gasteiger charge is -2.34. The molecule has 0 atom stereocenters. The molecule has 0 unspecified atom stereocenters. The first kappa shape index (κ1) is 13.3. The lowest BCUT2D eigenvalue weighted by Crippen LogP contribution is -2.47. The van der Waals surface area contributed by atoms with Crippen molar-refractivity contribution in [3.63, 3.8) is 0 Å². The Morgan fingerprint density at radius 2 is 2.05 bits per heavy atom. The minimum Gasteiger partial charge on any atom is -0.364 e. The van der Waals surface area contributed by atoms with Gasteiger partial charge in [-0.05, 0) is 12.1 Å². The largest absolute Gasteiger partial charge is 0.364 e. The number of piperazine rings is 1. The average molecular weight is 259 g/mol. The van der Waals surface area contributed by atoms with Crippen molar-refractivity contribution in [3.05, 3.63) is 17.8 Å². The van der Waals surface area contributed by atoms with Crippen LogP contribution < -0.4 is 10.6 Å². The second-order valence-corrected chi connectivity index (χ2v) is 4.42. The topological polar surface area (TPSA) is 75.3 Å². The Kier molecular flexibility index (Phi) is 4.31. The van der Waals surface area contributed by atoms with Crippen molar-refractivity contribution in [2.45, 2.75) is 6.42 Å². The number of aromatic nitrogens is 2. The Labute approximate surface area is 112 Å². The molecule has 2 heterocycles. The van der Waals surface area contributed by atoms with Gasteiger partial charge in [0, 0.05) is 39.1 Å². The third kappa shape index (κ3) is 3.42. The Hall–Kier alpha value is -2.13. The second-order valence-electron chi connectivity index (χ2n) is 4.42. The highest BCUT2D eigenvalue weighted by Gasteiger charge is 2.18. The van der Waals surface area contributed by atoms with Gasteiger partial charge in [-0.1, -0.05) is 0 Å². The summed E-state index contributed by atoms with van der Waals surface area (Å²) in [6.07, 6.45) is 6.04. The summed E-state index contributed by atoms with van der Waals surface area (Å²) in [6, 6.07) is 3.39. The Morgan fingerprint density at radius 3 is 2.58 bits per heavy atom. The number of nitrogens with two attached hydrogens (primary N) is 1. The molecule has 2 rings (SSSR count). The second kappa shape index (κ2) is 6.16. The third-order valence-corrected chi connectivity index (χ3v) is 3.17. The molecule has 0 bridgehead atoms. The molecule has 100 valence electrons. The van der Waals surface area contributed by atoms with Crippen molar-refractivity contribution in [3.8, 4) is 12.3 Å². The fraction of sp³-hybridized carbons (Fsp3) is 0.462. The number of rotatable bonds is 4. The molecule has 6 nitrogen and oxygen atoms in total. The van der Waals surface area contributed by atoms with Crippen LogP contribution in [-0.2, 0) is 0 Å². The third-order valence-electron chi connectivity index (χ3n) is 3.17. The predicted octanol–water partition coefficient (Wildman–Crippen LogP) is -0.279. The monoisotopic (exact) mass is 259 g/mol. The first-order valence-corrected chi connectivity index (χ1v) is 6.25. The van der Waals surface area contributed by atoms with Crippen LogP contribution in [0, 0.1) is 12.3 Å². The van der Waals surface area contributed by atoms with Gasteiger partial charge >= 0.3 is 0 Å². The fourth-order valence-electron chi connectivity index (χ4n) is 2.05. The van der Waals surface area contributed by atoms with Crippen LogP contribution in [-0.4, -0.2) is 53.7 Å². The number of primary amides is 1. The normalized spacial score (nSPS) is 16.1. The van der Waals surface area contributed by atoms with Gasteiger partial charge in [0.15, 0.2) is 11.5 Å². The molecule has 19 heavy (non-hydrogen) atoms. The average Bonchev–Trinajstić information content (AvgIpc) is 2.46. The van der Waals surface area contributed by atoms with Gasteiger partial charge < -0.3 is 10.6 Å². The van der Waals surface area contributed by atoms with Crippen LogP contribution >= 0.6 is 0 Å². The van der Waals surface area contributed by atoms with Crippen molar-refractivity contribution in [1.29, 1.82) is 0 Å². The number of hydrogen-bond donors (Lipinski definition) is 1. The summed E-state index contributed by atoms with van der Waals surface area (Å²) >= 11 is 0. The highest BCUT2D eigenvalue weighted by atomic mass is 16.1. The van der Waals surface area contributed by atoms with E-state index in [1.807, 2.05) is 0 Å². The van der Waals surface area contributed by atoms with E-state index in [9.17, 15) is 4.79 Å². The molecule has 0 aliphatic carbocycles. The molecule has 1 amide bonds. The van der Waals surface area contributed by atoms with Crippen LogP contribution in [0.1, 0.15) is 16.9 Å². The predicted molar refractivity (Wildman–Crippen MR) is 72.7 cm³/mol. The van der Waals surface area contributed by atoms with Gasteiger partial charge in [-0.3, -0.25) is 9.69 Å². The molecular weight excluding hydrogens is 242 g/mol. The van der Waals surface area contributed by atoms with Gasteiger partial charge in [0.2, 0.25) is 0 Å². The minimum absolute atomic E-state index is 0.191. The van der Waals surface area contributed by atoms with Crippen LogP contribution in [0.4, 0.5) is 5.82 Å².